The molecule has 0 atom stereocenters. The summed E-state index contributed by atoms with van der Waals surface area (Å²) in [7, 11) is 0. The van der Waals surface area contributed by atoms with E-state index in [1.807, 2.05) is 0 Å². The molecule has 1 aromatic rings. The minimum atomic E-state index is -4.38. The van der Waals surface area contributed by atoms with Crippen molar-refractivity contribution in [2.75, 3.05) is 0 Å². The lowest BCUT2D eigenvalue weighted by Gasteiger charge is -2.29. The topological polar surface area (TPSA) is 9.23 Å². The van der Waals surface area contributed by atoms with Gasteiger partial charge in [0, 0.05) is 5.33 Å². The van der Waals surface area contributed by atoms with Gasteiger partial charge in [-0.3, -0.25) is 0 Å². The first-order valence-corrected chi connectivity index (χ1v) is 8.49. The number of hydrogen-bond donors (Lipinski definition) is 0. The summed E-state index contributed by atoms with van der Waals surface area (Å²) in [5.74, 6) is 0.662. The highest BCUT2D eigenvalue weighted by atomic mass is 79.9. The Morgan fingerprint density at radius 1 is 1.19 bits per heavy atom. The zero-order valence-electron chi connectivity index (χ0n) is 12.0. The Kier molecular flexibility index (Phi) is 5.58. The van der Waals surface area contributed by atoms with Gasteiger partial charge in [0.2, 0.25) is 0 Å². The normalized spacial score (nSPS) is 23.1. The first-order valence-electron chi connectivity index (χ1n) is 7.36. The number of hydrogen-bond acceptors (Lipinski definition) is 1. The number of alkyl halides is 4. The molecule has 0 bridgehead atoms. The fourth-order valence-electron chi connectivity index (χ4n) is 2.82. The van der Waals surface area contributed by atoms with Gasteiger partial charge in [0.1, 0.15) is 5.75 Å². The van der Waals surface area contributed by atoms with E-state index in [0.29, 0.717) is 16.8 Å². The van der Waals surface area contributed by atoms with Crippen molar-refractivity contribution in [2.24, 2.45) is 5.92 Å². The molecule has 21 heavy (non-hydrogen) atoms. The van der Waals surface area contributed by atoms with E-state index in [1.54, 1.807) is 6.07 Å². The average molecular weight is 365 g/mol. The molecule has 0 unspecified atom stereocenters. The lowest BCUT2D eigenvalue weighted by Crippen LogP contribution is -2.25. The van der Waals surface area contributed by atoms with Gasteiger partial charge in [-0.2, -0.15) is 13.2 Å². The molecule has 118 valence electrons. The zero-order chi connectivity index (χ0) is 15.5. The van der Waals surface area contributed by atoms with Gasteiger partial charge >= 0.3 is 6.18 Å². The van der Waals surface area contributed by atoms with Gasteiger partial charge in [-0.05, 0) is 49.3 Å². The van der Waals surface area contributed by atoms with Crippen LogP contribution >= 0.6 is 15.9 Å². The van der Waals surface area contributed by atoms with Gasteiger partial charge in [-0.1, -0.05) is 35.3 Å². The van der Waals surface area contributed by atoms with E-state index >= 15 is 0 Å². The van der Waals surface area contributed by atoms with E-state index in [4.69, 9.17) is 4.74 Å². The number of benzene rings is 1. The van der Waals surface area contributed by atoms with Crippen LogP contribution in [0.1, 0.15) is 50.2 Å². The molecule has 1 aliphatic rings. The summed E-state index contributed by atoms with van der Waals surface area (Å²) >= 11 is 3.19. The summed E-state index contributed by atoms with van der Waals surface area (Å²) in [4.78, 5) is 0. The number of halogens is 4. The molecule has 0 saturated heterocycles. The third-order valence-corrected chi connectivity index (χ3v) is 4.82. The zero-order valence-corrected chi connectivity index (χ0v) is 13.6. The highest BCUT2D eigenvalue weighted by molar-refractivity contribution is 9.08. The molecule has 0 heterocycles. The fraction of sp³-hybridized carbons (Fsp3) is 0.625. The molecule has 0 aliphatic heterocycles. The molecule has 0 radical (unpaired) electrons. The van der Waals surface area contributed by atoms with Crippen LogP contribution in [0.2, 0.25) is 0 Å². The minimum Gasteiger partial charge on any atom is -0.490 e. The van der Waals surface area contributed by atoms with Crippen molar-refractivity contribution in [1.29, 1.82) is 0 Å². The van der Waals surface area contributed by atoms with E-state index in [9.17, 15) is 13.2 Å². The second kappa shape index (κ2) is 7.03. The molecule has 1 aromatic carbocycles. The quantitative estimate of drug-likeness (QED) is 0.600. The molecule has 0 spiro atoms. The summed E-state index contributed by atoms with van der Waals surface area (Å²) in [6.07, 6.45) is 0.439. The van der Waals surface area contributed by atoms with Crippen LogP contribution in [-0.2, 0) is 11.5 Å². The van der Waals surface area contributed by atoms with Crippen LogP contribution in [-0.4, -0.2) is 6.10 Å². The maximum Gasteiger partial charge on any atom is 0.419 e. The first-order chi connectivity index (χ1) is 9.94. The van der Waals surface area contributed by atoms with E-state index in [2.05, 4.69) is 22.9 Å². The molecule has 1 nitrogen and oxygen atoms in total. The predicted molar refractivity (Wildman–Crippen MR) is 80.7 cm³/mol. The molecule has 5 heteroatoms. The van der Waals surface area contributed by atoms with E-state index in [0.717, 1.165) is 32.1 Å². The lowest BCUT2D eigenvalue weighted by molar-refractivity contribution is -0.139. The van der Waals surface area contributed by atoms with Crippen molar-refractivity contribution >= 4 is 15.9 Å². The molecular weight excluding hydrogens is 345 g/mol. The average Bonchev–Trinajstić information content (AvgIpc) is 2.47. The van der Waals surface area contributed by atoms with Crippen LogP contribution in [0.4, 0.5) is 13.2 Å². The highest BCUT2D eigenvalue weighted by Gasteiger charge is 2.35. The Balaban J connectivity index is 2.13. The van der Waals surface area contributed by atoms with Gasteiger partial charge in [-0.25, -0.2) is 0 Å². The van der Waals surface area contributed by atoms with Gasteiger partial charge in [0.05, 0.1) is 11.7 Å². The van der Waals surface area contributed by atoms with Crippen LogP contribution in [0.3, 0.4) is 0 Å². The second-order valence-electron chi connectivity index (χ2n) is 5.63. The number of rotatable bonds is 4. The molecule has 0 N–H and O–H groups in total. The van der Waals surface area contributed by atoms with Gasteiger partial charge < -0.3 is 4.74 Å². The van der Waals surface area contributed by atoms with Gasteiger partial charge in [0.25, 0.3) is 0 Å². The summed E-state index contributed by atoms with van der Waals surface area (Å²) in [6, 6.07) is 4.30. The van der Waals surface area contributed by atoms with Crippen LogP contribution in [0.15, 0.2) is 18.2 Å². The number of ether oxygens (including phenoxy) is 1. The van der Waals surface area contributed by atoms with Crippen LogP contribution in [0, 0.1) is 5.92 Å². The third kappa shape index (κ3) is 4.38. The van der Waals surface area contributed by atoms with E-state index < -0.39 is 11.7 Å². The van der Waals surface area contributed by atoms with Gasteiger partial charge in [0.15, 0.2) is 0 Å². The SMILES string of the molecule is CCC1CCC(Oc2ccc(CBr)cc2C(F)(F)F)CC1. The standard InChI is InChI=1S/C16H20BrF3O/c1-2-11-3-6-13(7-4-11)21-15-8-5-12(10-17)9-14(15)16(18,19)20/h5,8-9,11,13H,2-4,6-7,10H2,1H3. The predicted octanol–water partition coefficient (Wildman–Crippen LogP) is 5.95. The molecular formula is C16H20BrF3O. The summed E-state index contributed by atoms with van der Waals surface area (Å²) < 4.78 is 45.1. The Morgan fingerprint density at radius 3 is 2.38 bits per heavy atom. The molecule has 0 aromatic heterocycles. The largest absolute Gasteiger partial charge is 0.490 e. The summed E-state index contributed by atoms with van der Waals surface area (Å²) in [5, 5.41) is 0.401. The Bertz CT molecular complexity index is 465. The monoisotopic (exact) mass is 364 g/mol. The third-order valence-electron chi connectivity index (χ3n) is 4.17. The first kappa shape index (κ1) is 16.7. The Labute approximate surface area is 132 Å². The molecule has 1 aliphatic carbocycles. The maximum absolute atomic E-state index is 13.1. The van der Waals surface area contributed by atoms with Crippen molar-refractivity contribution < 1.29 is 17.9 Å². The van der Waals surface area contributed by atoms with Crippen molar-refractivity contribution in [2.45, 2.75) is 56.6 Å². The van der Waals surface area contributed by atoms with Crippen molar-refractivity contribution in [3.63, 3.8) is 0 Å². The summed E-state index contributed by atoms with van der Waals surface area (Å²) in [5.41, 5.74) is -0.0681. The smallest absolute Gasteiger partial charge is 0.419 e. The van der Waals surface area contributed by atoms with Gasteiger partial charge in [-0.15, -0.1) is 0 Å². The second-order valence-corrected chi connectivity index (χ2v) is 6.19. The Morgan fingerprint density at radius 2 is 1.86 bits per heavy atom. The maximum atomic E-state index is 13.1. The van der Waals surface area contributed by atoms with Crippen molar-refractivity contribution in [3.8, 4) is 5.75 Å². The lowest BCUT2D eigenvalue weighted by atomic mass is 9.86. The Hall–Kier alpha value is -0.710. The molecule has 1 saturated carbocycles. The molecule has 2 rings (SSSR count). The summed E-state index contributed by atoms with van der Waals surface area (Å²) in [6.45, 7) is 2.16. The van der Waals surface area contributed by atoms with E-state index in [-0.39, 0.29) is 11.9 Å². The van der Waals surface area contributed by atoms with Crippen molar-refractivity contribution in [1.82, 2.24) is 0 Å². The van der Waals surface area contributed by atoms with Crippen molar-refractivity contribution in [3.05, 3.63) is 29.3 Å². The minimum absolute atomic E-state index is 0.0350. The van der Waals surface area contributed by atoms with Crippen LogP contribution in [0.5, 0.6) is 5.75 Å². The van der Waals surface area contributed by atoms with Crippen LogP contribution in [0.25, 0.3) is 0 Å². The molecule has 0 amide bonds. The highest BCUT2D eigenvalue weighted by Crippen LogP contribution is 2.39. The fourth-order valence-corrected chi connectivity index (χ4v) is 3.17. The molecule has 1 fully saturated rings. The van der Waals surface area contributed by atoms with Crippen LogP contribution < -0.4 is 4.74 Å². The van der Waals surface area contributed by atoms with E-state index in [1.165, 1.54) is 12.1 Å².